The second-order valence-corrected chi connectivity index (χ2v) is 12.9. The van der Waals surface area contributed by atoms with Crippen molar-refractivity contribution < 1.29 is 24.2 Å². The lowest BCUT2D eigenvalue weighted by molar-refractivity contribution is -0.132. The number of nitrogens with zero attached hydrogens (tertiary/aromatic N) is 2. The van der Waals surface area contributed by atoms with Crippen LogP contribution in [0.3, 0.4) is 0 Å². The quantitative estimate of drug-likeness (QED) is 0.141. The van der Waals surface area contributed by atoms with Crippen LogP contribution < -0.4 is 15.4 Å². The fraction of sp³-hybridized carbons (Fsp3) is 0.385. The number of benzene rings is 2. The van der Waals surface area contributed by atoms with Gasteiger partial charge in [-0.3, -0.25) is 14.6 Å². The molecule has 2 amide bonds. The fourth-order valence-electron chi connectivity index (χ4n) is 7.15. The molecule has 6 rings (SSSR count). The predicted octanol–water partition coefficient (Wildman–Crippen LogP) is 8.08. The van der Waals surface area contributed by atoms with E-state index in [1.165, 1.54) is 19.3 Å². The zero-order valence-electron chi connectivity index (χ0n) is 28.0. The Morgan fingerprint density at radius 3 is 2.46 bits per heavy atom. The van der Waals surface area contributed by atoms with E-state index in [1.807, 2.05) is 49.5 Å². The second-order valence-electron chi connectivity index (χ2n) is 12.9. The number of aromatic nitrogens is 2. The minimum atomic E-state index is -1.03. The van der Waals surface area contributed by atoms with Crippen molar-refractivity contribution in [2.75, 3.05) is 11.9 Å². The number of nitrogens with one attached hydrogen (secondary N) is 2. The van der Waals surface area contributed by atoms with Crippen LogP contribution in [0.15, 0.2) is 66.4 Å². The molecule has 3 N–H and O–H groups in total. The molecule has 2 aromatic carbocycles. The lowest BCUT2D eigenvalue weighted by atomic mass is 9.75. The summed E-state index contributed by atoms with van der Waals surface area (Å²) in [5.41, 5.74) is 5.10. The number of carbonyl (C=O) groups excluding carboxylic acids is 2. The van der Waals surface area contributed by atoms with Gasteiger partial charge in [0.2, 0.25) is 5.91 Å². The maximum Gasteiger partial charge on any atom is 0.331 e. The molecule has 2 heterocycles. The van der Waals surface area contributed by atoms with Crippen LogP contribution >= 0.6 is 0 Å². The molecule has 9 nitrogen and oxygen atoms in total. The highest BCUT2D eigenvalue weighted by atomic mass is 16.5. The summed E-state index contributed by atoms with van der Waals surface area (Å²) in [5.74, 6) is -1.08. The molecule has 0 unspecified atom stereocenters. The number of amides is 2. The van der Waals surface area contributed by atoms with Crippen molar-refractivity contribution in [3.8, 4) is 17.1 Å². The molecule has 4 aromatic rings. The van der Waals surface area contributed by atoms with E-state index in [-0.39, 0.29) is 17.4 Å². The van der Waals surface area contributed by atoms with Crippen molar-refractivity contribution in [2.45, 2.75) is 90.1 Å². The number of rotatable bonds is 11. The maximum atomic E-state index is 13.8. The highest BCUT2D eigenvalue weighted by Gasteiger charge is 2.45. The van der Waals surface area contributed by atoms with E-state index in [4.69, 9.17) is 9.72 Å². The van der Waals surface area contributed by atoms with Gasteiger partial charge in [0.25, 0.3) is 5.91 Å². The van der Waals surface area contributed by atoms with Gasteiger partial charge in [-0.15, -0.1) is 0 Å². The summed E-state index contributed by atoms with van der Waals surface area (Å²) in [6.07, 6.45) is 11.6. The molecule has 9 heteroatoms. The van der Waals surface area contributed by atoms with Gasteiger partial charge < -0.3 is 25.0 Å². The molecule has 0 spiro atoms. The molecule has 0 aliphatic heterocycles. The molecule has 250 valence electrons. The Kier molecular flexibility index (Phi) is 9.66. The molecule has 0 bridgehead atoms. The molecule has 2 aliphatic rings. The Morgan fingerprint density at radius 2 is 1.81 bits per heavy atom. The largest absolute Gasteiger partial charge is 0.493 e. The number of aryl methyl sites for hydroxylation is 1. The van der Waals surface area contributed by atoms with Gasteiger partial charge in [0.1, 0.15) is 11.3 Å². The number of carboxylic acid groups (broad SMARTS) is 1. The number of hydrogen-bond acceptors (Lipinski definition) is 5. The molecule has 0 saturated heterocycles. The summed E-state index contributed by atoms with van der Waals surface area (Å²) < 4.78 is 8.23. The standard InChI is InChI=1S/C39H44N4O5/c1-4-26(37(45)46)22-27-15-17-29(24-34(27)48-5-2)41-38(47)39(19-11-20-39)42-36(44)28-16-18-33-31(23-28)25(3)35(32-14-9-10-21-40-32)43(33)30-12-7-6-8-13-30/h9-10,14-18,21-24,30H,4-8,11-13,19-20H2,1-3H3,(H,41,47)(H,42,44)(H,45,46)/b26-22+. The molecule has 48 heavy (non-hydrogen) atoms. The van der Waals surface area contributed by atoms with Crippen LogP contribution in [0.5, 0.6) is 5.75 Å². The smallest absolute Gasteiger partial charge is 0.331 e. The van der Waals surface area contributed by atoms with E-state index >= 15 is 0 Å². The first-order valence-corrected chi connectivity index (χ1v) is 17.1. The topological polar surface area (TPSA) is 123 Å². The Morgan fingerprint density at radius 1 is 1.02 bits per heavy atom. The Balaban J connectivity index is 1.26. The van der Waals surface area contributed by atoms with Crippen LogP contribution in [-0.4, -0.2) is 44.6 Å². The highest BCUT2D eigenvalue weighted by molar-refractivity contribution is 6.06. The molecule has 2 saturated carbocycles. The second kappa shape index (κ2) is 14.1. The minimum absolute atomic E-state index is 0.260. The van der Waals surface area contributed by atoms with E-state index in [1.54, 1.807) is 31.2 Å². The van der Waals surface area contributed by atoms with Gasteiger partial charge in [0.15, 0.2) is 0 Å². The SMILES string of the molecule is CCOc1cc(NC(=O)C2(NC(=O)c3ccc4c(c3)c(C)c(-c3ccccn3)n4C3CCCCC3)CCC2)ccc1/C=C(\CC)C(=O)O. The third kappa shape index (κ3) is 6.46. The zero-order valence-corrected chi connectivity index (χ0v) is 28.0. The summed E-state index contributed by atoms with van der Waals surface area (Å²) in [7, 11) is 0. The van der Waals surface area contributed by atoms with Crippen molar-refractivity contribution >= 4 is 40.4 Å². The van der Waals surface area contributed by atoms with E-state index in [9.17, 15) is 19.5 Å². The molecule has 0 atom stereocenters. The third-order valence-electron chi connectivity index (χ3n) is 9.92. The van der Waals surface area contributed by atoms with Crippen molar-refractivity contribution in [2.24, 2.45) is 0 Å². The monoisotopic (exact) mass is 648 g/mol. The van der Waals surface area contributed by atoms with Crippen LogP contribution in [0.4, 0.5) is 5.69 Å². The Labute approximate surface area is 281 Å². The van der Waals surface area contributed by atoms with Crippen LogP contribution in [0.1, 0.15) is 99.2 Å². The molecular formula is C39H44N4O5. The van der Waals surface area contributed by atoms with Crippen molar-refractivity contribution in [1.29, 1.82) is 0 Å². The summed E-state index contributed by atoms with van der Waals surface area (Å²) in [6, 6.07) is 17.4. The third-order valence-corrected chi connectivity index (χ3v) is 9.92. The lowest BCUT2D eigenvalue weighted by Crippen LogP contribution is -2.61. The van der Waals surface area contributed by atoms with E-state index in [2.05, 4.69) is 22.1 Å². The number of pyridine rings is 1. The molecule has 0 radical (unpaired) electrons. The predicted molar refractivity (Wildman–Crippen MR) is 188 cm³/mol. The number of carbonyl (C=O) groups is 3. The van der Waals surface area contributed by atoms with Crippen LogP contribution in [0.25, 0.3) is 28.4 Å². The van der Waals surface area contributed by atoms with Gasteiger partial charge in [-0.2, -0.15) is 0 Å². The van der Waals surface area contributed by atoms with Gasteiger partial charge in [-0.1, -0.05) is 32.3 Å². The molecular weight excluding hydrogens is 604 g/mol. The number of aliphatic carboxylic acids is 1. The first-order valence-electron chi connectivity index (χ1n) is 17.1. The van der Waals surface area contributed by atoms with Gasteiger partial charge >= 0.3 is 5.97 Å². The lowest BCUT2D eigenvalue weighted by Gasteiger charge is -2.40. The van der Waals surface area contributed by atoms with E-state index < -0.39 is 11.5 Å². The van der Waals surface area contributed by atoms with Gasteiger partial charge in [0, 0.05) is 51.6 Å². The number of fused-ring (bicyclic) bond motifs is 1. The molecule has 2 aromatic heterocycles. The average Bonchev–Trinajstić information content (AvgIpc) is 3.38. The number of carboxylic acids is 1. The van der Waals surface area contributed by atoms with Crippen LogP contribution in [0.2, 0.25) is 0 Å². The molecule has 2 aliphatic carbocycles. The van der Waals surface area contributed by atoms with Gasteiger partial charge in [0.05, 0.1) is 18.0 Å². The van der Waals surface area contributed by atoms with Crippen LogP contribution in [-0.2, 0) is 9.59 Å². The first-order chi connectivity index (χ1) is 23.2. The van der Waals surface area contributed by atoms with E-state index in [0.717, 1.165) is 47.1 Å². The minimum Gasteiger partial charge on any atom is -0.493 e. The molecule has 2 fully saturated rings. The summed E-state index contributed by atoms with van der Waals surface area (Å²) >= 11 is 0. The summed E-state index contributed by atoms with van der Waals surface area (Å²) in [4.78, 5) is 43.8. The number of ether oxygens (including phenoxy) is 1. The van der Waals surface area contributed by atoms with E-state index in [0.29, 0.717) is 54.5 Å². The summed E-state index contributed by atoms with van der Waals surface area (Å²) in [6.45, 7) is 6.12. The van der Waals surface area contributed by atoms with Crippen molar-refractivity contribution in [3.05, 3.63) is 83.1 Å². The number of hydrogen-bond donors (Lipinski definition) is 3. The van der Waals surface area contributed by atoms with Crippen molar-refractivity contribution in [3.63, 3.8) is 0 Å². The highest BCUT2D eigenvalue weighted by Crippen LogP contribution is 2.41. The first kappa shape index (κ1) is 33.0. The van der Waals surface area contributed by atoms with Gasteiger partial charge in [-0.05, 0) is 106 Å². The maximum absolute atomic E-state index is 13.8. The Bertz CT molecular complexity index is 1870. The summed E-state index contributed by atoms with van der Waals surface area (Å²) in [5, 5.41) is 16.6. The Hall–Kier alpha value is -4.92. The normalized spacial score (nSPS) is 16.3. The van der Waals surface area contributed by atoms with Crippen LogP contribution in [0, 0.1) is 6.92 Å². The zero-order chi connectivity index (χ0) is 33.8. The number of anilines is 1. The average molecular weight is 649 g/mol. The van der Waals surface area contributed by atoms with Crippen molar-refractivity contribution in [1.82, 2.24) is 14.9 Å². The van der Waals surface area contributed by atoms with Gasteiger partial charge in [-0.25, -0.2) is 4.79 Å². The fourth-order valence-corrected chi connectivity index (χ4v) is 7.15.